The Balaban J connectivity index is 1.59. The van der Waals surface area contributed by atoms with E-state index in [1.54, 1.807) is 14.2 Å². The van der Waals surface area contributed by atoms with Crippen LogP contribution < -0.4 is 15.4 Å². The number of hydrogen-bond donors (Lipinski definition) is 2. The third-order valence-electron chi connectivity index (χ3n) is 5.06. The number of amides is 1. The van der Waals surface area contributed by atoms with Crippen LogP contribution in [0.3, 0.4) is 0 Å². The number of guanidine groups is 1. The summed E-state index contributed by atoms with van der Waals surface area (Å²) in [5, 5.41) is 6.13. The summed E-state index contributed by atoms with van der Waals surface area (Å²) in [5.74, 6) is 2.40. The Bertz CT molecular complexity index is 611. The molecule has 1 amide bonds. The predicted molar refractivity (Wildman–Crippen MR) is 112 cm³/mol. The van der Waals surface area contributed by atoms with Crippen LogP contribution in [0.5, 0.6) is 5.75 Å². The van der Waals surface area contributed by atoms with Gasteiger partial charge in [0.2, 0.25) is 5.91 Å². The number of piperidine rings is 1. The van der Waals surface area contributed by atoms with Gasteiger partial charge in [-0.1, -0.05) is 12.1 Å². The lowest BCUT2D eigenvalue weighted by atomic mass is 9.93. The summed E-state index contributed by atoms with van der Waals surface area (Å²) >= 11 is 0. The van der Waals surface area contributed by atoms with Crippen molar-refractivity contribution in [1.29, 1.82) is 0 Å². The van der Waals surface area contributed by atoms with E-state index < -0.39 is 0 Å². The van der Waals surface area contributed by atoms with E-state index in [9.17, 15) is 4.79 Å². The van der Waals surface area contributed by atoms with Gasteiger partial charge in [0.25, 0.3) is 0 Å². The molecule has 0 atom stereocenters. The molecule has 1 heterocycles. The summed E-state index contributed by atoms with van der Waals surface area (Å²) in [5.41, 5.74) is 1.14. The minimum Gasteiger partial charge on any atom is -0.497 e. The lowest BCUT2D eigenvalue weighted by Crippen LogP contribution is -2.46. The van der Waals surface area contributed by atoms with Crippen LogP contribution in [0.1, 0.15) is 31.2 Å². The molecular weight excluding hydrogens is 356 g/mol. The van der Waals surface area contributed by atoms with Gasteiger partial charge in [-0.05, 0) is 42.9 Å². The zero-order chi connectivity index (χ0) is 20.2. The molecule has 0 aromatic heterocycles. The highest BCUT2D eigenvalue weighted by Crippen LogP contribution is 2.20. The van der Waals surface area contributed by atoms with E-state index in [0.29, 0.717) is 25.6 Å². The molecule has 0 bridgehead atoms. The second kappa shape index (κ2) is 12.2. The fourth-order valence-corrected chi connectivity index (χ4v) is 3.33. The second-order valence-corrected chi connectivity index (χ2v) is 7.04. The number of benzene rings is 1. The largest absolute Gasteiger partial charge is 0.497 e. The molecule has 28 heavy (non-hydrogen) atoms. The van der Waals surface area contributed by atoms with Crippen molar-refractivity contribution >= 4 is 11.9 Å². The molecule has 7 nitrogen and oxygen atoms in total. The van der Waals surface area contributed by atoms with Crippen LogP contribution in [0.15, 0.2) is 29.3 Å². The number of likely N-dealkylation sites (tertiary alicyclic amines) is 1. The molecule has 1 aromatic carbocycles. The van der Waals surface area contributed by atoms with Gasteiger partial charge in [0.1, 0.15) is 5.75 Å². The Morgan fingerprint density at radius 3 is 2.57 bits per heavy atom. The predicted octanol–water partition coefficient (Wildman–Crippen LogP) is 2.03. The maximum atomic E-state index is 11.5. The summed E-state index contributed by atoms with van der Waals surface area (Å²) in [6.45, 7) is 4.01. The molecule has 1 aromatic rings. The molecule has 0 saturated carbocycles. The summed E-state index contributed by atoms with van der Waals surface area (Å²) in [4.78, 5) is 18.2. The van der Waals surface area contributed by atoms with Gasteiger partial charge in [-0.3, -0.25) is 9.79 Å². The number of ether oxygens (including phenoxy) is 2. The van der Waals surface area contributed by atoms with E-state index in [-0.39, 0.29) is 5.91 Å². The van der Waals surface area contributed by atoms with E-state index in [4.69, 9.17) is 9.47 Å². The maximum absolute atomic E-state index is 11.5. The molecule has 1 aliphatic heterocycles. The van der Waals surface area contributed by atoms with E-state index in [0.717, 1.165) is 56.2 Å². The van der Waals surface area contributed by atoms with Gasteiger partial charge in [-0.2, -0.15) is 0 Å². The number of methoxy groups -OCH3 is 1. The fourth-order valence-electron chi connectivity index (χ4n) is 3.33. The van der Waals surface area contributed by atoms with E-state index >= 15 is 0 Å². The van der Waals surface area contributed by atoms with Gasteiger partial charge < -0.3 is 25.0 Å². The first kappa shape index (κ1) is 22.0. The van der Waals surface area contributed by atoms with Crippen LogP contribution in [0.4, 0.5) is 0 Å². The number of hydrogen-bond acceptors (Lipinski definition) is 4. The van der Waals surface area contributed by atoms with Crippen LogP contribution >= 0.6 is 0 Å². The van der Waals surface area contributed by atoms with Crippen molar-refractivity contribution < 1.29 is 14.3 Å². The first-order chi connectivity index (χ1) is 13.7. The zero-order valence-electron chi connectivity index (χ0n) is 17.4. The summed E-state index contributed by atoms with van der Waals surface area (Å²) < 4.78 is 10.9. The van der Waals surface area contributed by atoms with Gasteiger partial charge in [0.05, 0.1) is 13.7 Å². The molecule has 2 N–H and O–H groups in total. The molecule has 0 unspecified atom stereocenters. The molecular formula is C21H34N4O3. The van der Waals surface area contributed by atoms with Crippen LogP contribution in [-0.4, -0.2) is 64.2 Å². The number of nitrogens with zero attached hydrogens (tertiary/aromatic N) is 2. The van der Waals surface area contributed by atoms with Crippen molar-refractivity contribution in [2.45, 2.75) is 32.3 Å². The van der Waals surface area contributed by atoms with Crippen LogP contribution in [0.2, 0.25) is 0 Å². The average molecular weight is 391 g/mol. The number of carbonyl (C=O) groups excluding carboxylic acids is 1. The first-order valence-corrected chi connectivity index (χ1v) is 10.0. The third kappa shape index (κ3) is 7.38. The van der Waals surface area contributed by atoms with Gasteiger partial charge >= 0.3 is 0 Å². The normalized spacial score (nSPS) is 15.4. The van der Waals surface area contributed by atoms with Gasteiger partial charge in [0, 0.05) is 46.8 Å². The van der Waals surface area contributed by atoms with Gasteiger partial charge in [0.15, 0.2) is 5.96 Å². The molecule has 0 aliphatic carbocycles. The van der Waals surface area contributed by atoms with Gasteiger partial charge in [-0.25, -0.2) is 0 Å². The first-order valence-electron chi connectivity index (χ1n) is 10.0. The molecule has 1 aliphatic rings. The summed E-state index contributed by atoms with van der Waals surface area (Å²) in [6, 6.07) is 7.93. The van der Waals surface area contributed by atoms with Gasteiger partial charge in [-0.15, -0.1) is 0 Å². The number of rotatable bonds is 9. The highest BCUT2D eigenvalue weighted by atomic mass is 16.5. The molecule has 2 rings (SSSR count). The topological polar surface area (TPSA) is 75.2 Å². The standard InChI is InChI=1S/C21H34N4O3/c1-22-20(26)15-17-9-12-25(13-10-17)21(23-2)24-11-4-14-28-16-18-5-7-19(27-3)8-6-18/h5-8,17H,4,9-16H2,1-3H3,(H,22,26)(H,23,24). The van der Waals surface area contributed by atoms with E-state index in [1.807, 2.05) is 31.3 Å². The highest BCUT2D eigenvalue weighted by Gasteiger charge is 2.22. The second-order valence-electron chi connectivity index (χ2n) is 7.04. The van der Waals surface area contributed by atoms with Crippen molar-refractivity contribution in [2.24, 2.45) is 10.9 Å². The summed E-state index contributed by atoms with van der Waals surface area (Å²) in [6.07, 6.45) is 3.60. The molecule has 0 radical (unpaired) electrons. The Kier molecular flexibility index (Phi) is 9.62. The van der Waals surface area contributed by atoms with Crippen LogP contribution in [0, 0.1) is 5.92 Å². The van der Waals surface area contributed by atoms with Crippen molar-refractivity contribution in [1.82, 2.24) is 15.5 Å². The SMILES string of the molecule is CN=C(NCCCOCc1ccc(OC)cc1)N1CCC(CC(=O)NC)CC1. The lowest BCUT2D eigenvalue weighted by molar-refractivity contribution is -0.121. The number of carbonyl (C=O) groups is 1. The third-order valence-corrected chi connectivity index (χ3v) is 5.06. The number of aliphatic imine (C=N–C) groups is 1. The monoisotopic (exact) mass is 390 g/mol. The smallest absolute Gasteiger partial charge is 0.220 e. The van der Waals surface area contributed by atoms with E-state index in [2.05, 4.69) is 20.5 Å². The Morgan fingerprint density at radius 2 is 1.96 bits per heavy atom. The van der Waals surface area contributed by atoms with Crippen molar-refractivity contribution in [3.8, 4) is 5.75 Å². The molecule has 1 saturated heterocycles. The Hall–Kier alpha value is -2.28. The number of nitrogens with one attached hydrogen (secondary N) is 2. The Labute approximate surface area is 168 Å². The molecule has 156 valence electrons. The molecule has 1 fully saturated rings. The molecule has 7 heteroatoms. The average Bonchev–Trinajstić information content (AvgIpc) is 2.74. The zero-order valence-corrected chi connectivity index (χ0v) is 17.4. The minimum atomic E-state index is 0.135. The minimum absolute atomic E-state index is 0.135. The molecule has 0 spiro atoms. The summed E-state index contributed by atoms with van der Waals surface area (Å²) in [7, 11) is 5.18. The van der Waals surface area contributed by atoms with Crippen LogP contribution in [-0.2, 0) is 16.1 Å². The van der Waals surface area contributed by atoms with E-state index in [1.165, 1.54) is 0 Å². The quantitative estimate of drug-likeness (QED) is 0.383. The Morgan fingerprint density at radius 1 is 1.25 bits per heavy atom. The lowest BCUT2D eigenvalue weighted by Gasteiger charge is -2.34. The van der Waals surface area contributed by atoms with Crippen molar-refractivity contribution in [3.05, 3.63) is 29.8 Å². The van der Waals surface area contributed by atoms with Crippen LogP contribution in [0.25, 0.3) is 0 Å². The van der Waals surface area contributed by atoms with Crippen molar-refractivity contribution in [3.63, 3.8) is 0 Å². The highest BCUT2D eigenvalue weighted by molar-refractivity contribution is 5.80. The maximum Gasteiger partial charge on any atom is 0.220 e. The fraction of sp³-hybridized carbons (Fsp3) is 0.619. The van der Waals surface area contributed by atoms with Crippen molar-refractivity contribution in [2.75, 3.05) is 47.4 Å².